The maximum Gasteiger partial charge on any atom is 0.408 e. The lowest BCUT2D eigenvalue weighted by molar-refractivity contribution is 0.0470. The third-order valence-corrected chi connectivity index (χ3v) is 2.54. The monoisotopic (exact) mass is 267 g/mol. The van der Waals surface area contributed by atoms with Crippen LogP contribution >= 0.6 is 0 Å². The number of carbonyl (C=O) groups is 1. The molecule has 1 amide bonds. The van der Waals surface area contributed by atoms with Gasteiger partial charge in [-0.3, -0.25) is 4.55 Å². The van der Waals surface area contributed by atoms with Crippen molar-refractivity contribution in [3.63, 3.8) is 0 Å². The van der Waals surface area contributed by atoms with E-state index < -0.39 is 33.1 Å². The Bertz CT molecular complexity index is 367. The summed E-state index contributed by atoms with van der Waals surface area (Å²) in [5.41, 5.74) is -1.37. The summed E-state index contributed by atoms with van der Waals surface area (Å²) in [5, 5.41) is 2.55. The first-order chi connectivity index (χ1) is 7.31. The molecule has 0 aromatic rings. The minimum absolute atomic E-state index is 0.102. The molecule has 6 nitrogen and oxygen atoms in total. The average molecular weight is 267 g/mol. The molecule has 0 spiro atoms. The summed E-state index contributed by atoms with van der Waals surface area (Å²) in [6, 6.07) is 0. The number of hydrogen-bond acceptors (Lipinski definition) is 4. The summed E-state index contributed by atoms with van der Waals surface area (Å²) in [7, 11) is -4.02. The van der Waals surface area contributed by atoms with Crippen LogP contribution in [0.15, 0.2) is 0 Å². The zero-order valence-corrected chi connectivity index (χ0v) is 11.7. The van der Waals surface area contributed by atoms with Crippen molar-refractivity contribution in [3.8, 4) is 0 Å². The minimum Gasteiger partial charge on any atom is -0.444 e. The zero-order valence-electron chi connectivity index (χ0n) is 10.9. The predicted molar refractivity (Wildman–Crippen MR) is 64.5 cm³/mol. The quantitative estimate of drug-likeness (QED) is 0.754. The van der Waals surface area contributed by atoms with E-state index >= 15 is 0 Å². The molecule has 0 heterocycles. The highest BCUT2D eigenvalue weighted by Gasteiger charge is 2.25. The second kappa shape index (κ2) is 5.22. The van der Waals surface area contributed by atoms with E-state index in [4.69, 9.17) is 9.29 Å². The Morgan fingerprint density at radius 2 is 1.71 bits per heavy atom. The van der Waals surface area contributed by atoms with E-state index in [9.17, 15) is 13.2 Å². The van der Waals surface area contributed by atoms with E-state index in [-0.39, 0.29) is 6.42 Å². The molecule has 2 N–H and O–H groups in total. The lowest BCUT2D eigenvalue weighted by atomic mass is 10.0. The van der Waals surface area contributed by atoms with Crippen LogP contribution in [0.25, 0.3) is 0 Å². The Morgan fingerprint density at radius 1 is 1.24 bits per heavy atom. The summed E-state index contributed by atoms with van der Waals surface area (Å²) in [6.45, 7) is 8.51. The number of amides is 1. The van der Waals surface area contributed by atoms with Gasteiger partial charge >= 0.3 is 6.09 Å². The van der Waals surface area contributed by atoms with Crippen molar-refractivity contribution in [1.29, 1.82) is 0 Å². The standard InChI is InChI=1S/C10H21NO5S/c1-9(2,3)16-8(12)11-10(4,5)6-7-17(13,14)15/h6-7H2,1-5H3,(H,11,12)(H,13,14,15). The molecule has 0 atom stereocenters. The van der Waals surface area contributed by atoms with Gasteiger partial charge < -0.3 is 10.1 Å². The van der Waals surface area contributed by atoms with Crippen molar-refractivity contribution in [3.05, 3.63) is 0 Å². The molecule has 0 fully saturated rings. The van der Waals surface area contributed by atoms with Crippen LogP contribution in [0.2, 0.25) is 0 Å². The van der Waals surface area contributed by atoms with E-state index in [0.717, 1.165) is 0 Å². The van der Waals surface area contributed by atoms with Gasteiger partial charge in [0.15, 0.2) is 0 Å². The van der Waals surface area contributed by atoms with Crippen LogP contribution in [0.3, 0.4) is 0 Å². The first-order valence-corrected chi connectivity index (χ1v) is 6.88. The highest BCUT2D eigenvalue weighted by atomic mass is 32.2. The third kappa shape index (κ3) is 10.1. The molecule has 0 aromatic carbocycles. The first kappa shape index (κ1) is 16.2. The Labute approximate surface area is 102 Å². The maximum atomic E-state index is 11.5. The Kier molecular flexibility index (Phi) is 4.97. The highest BCUT2D eigenvalue weighted by molar-refractivity contribution is 7.85. The fraction of sp³-hybridized carbons (Fsp3) is 0.900. The van der Waals surface area contributed by atoms with Gasteiger partial charge in [0, 0.05) is 5.54 Å². The average Bonchev–Trinajstić information content (AvgIpc) is 1.94. The van der Waals surface area contributed by atoms with Crippen LogP contribution in [-0.2, 0) is 14.9 Å². The Hall–Kier alpha value is -0.820. The van der Waals surface area contributed by atoms with E-state index in [1.165, 1.54) is 0 Å². The van der Waals surface area contributed by atoms with Crippen molar-refractivity contribution in [2.24, 2.45) is 0 Å². The van der Waals surface area contributed by atoms with E-state index in [1.807, 2.05) is 0 Å². The largest absolute Gasteiger partial charge is 0.444 e. The highest BCUT2D eigenvalue weighted by Crippen LogP contribution is 2.12. The molecule has 7 heteroatoms. The van der Waals surface area contributed by atoms with Gasteiger partial charge in [-0.1, -0.05) is 0 Å². The van der Waals surface area contributed by atoms with E-state index in [0.29, 0.717) is 0 Å². The summed E-state index contributed by atoms with van der Waals surface area (Å²) >= 11 is 0. The number of rotatable bonds is 4. The third-order valence-electron chi connectivity index (χ3n) is 1.82. The molecule has 0 bridgehead atoms. The molecule has 0 radical (unpaired) electrons. The van der Waals surface area contributed by atoms with Crippen molar-refractivity contribution in [2.75, 3.05) is 5.75 Å². The van der Waals surface area contributed by atoms with Crippen LogP contribution in [0.1, 0.15) is 41.0 Å². The van der Waals surface area contributed by atoms with Crippen LogP contribution < -0.4 is 5.32 Å². The van der Waals surface area contributed by atoms with Crippen molar-refractivity contribution < 1.29 is 22.5 Å². The fourth-order valence-corrected chi connectivity index (χ4v) is 1.79. The van der Waals surface area contributed by atoms with Crippen molar-refractivity contribution in [1.82, 2.24) is 5.32 Å². The second-order valence-electron chi connectivity index (χ2n) is 5.55. The Balaban J connectivity index is 4.31. The summed E-state index contributed by atoms with van der Waals surface area (Å²) in [4.78, 5) is 11.5. The van der Waals surface area contributed by atoms with E-state index in [2.05, 4.69) is 5.32 Å². The Morgan fingerprint density at radius 3 is 2.06 bits per heavy atom. The molecular weight excluding hydrogens is 246 g/mol. The van der Waals surface area contributed by atoms with Crippen LogP contribution in [0.5, 0.6) is 0 Å². The molecule has 0 aromatic heterocycles. The minimum atomic E-state index is -4.02. The topological polar surface area (TPSA) is 92.7 Å². The van der Waals surface area contributed by atoms with Gasteiger partial charge in [-0.25, -0.2) is 4.79 Å². The van der Waals surface area contributed by atoms with Gasteiger partial charge in [-0.15, -0.1) is 0 Å². The smallest absolute Gasteiger partial charge is 0.408 e. The van der Waals surface area contributed by atoms with Gasteiger partial charge in [0.1, 0.15) is 5.60 Å². The second-order valence-corrected chi connectivity index (χ2v) is 7.12. The molecule has 0 saturated carbocycles. The predicted octanol–water partition coefficient (Wildman–Crippen LogP) is 1.57. The number of nitrogens with one attached hydrogen (secondary N) is 1. The maximum absolute atomic E-state index is 11.5. The molecule has 0 aliphatic carbocycles. The van der Waals surface area contributed by atoms with Gasteiger partial charge in [-0.2, -0.15) is 8.42 Å². The molecule has 0 rings (SSSR count). The zero-order chi connectivity index (χ0) is 13.9. The SMILES string of the molecule is CC(C)(CCS(=O)(=O)O)NC(=O)OC(C)(C)C. The molecule has 102 valence electrons. The molecule has 0 aliphatic rings. The number of alkyl carbamates (subject to hydrolysis) is 1. The van der Waals surface area contributed by atoms with Gasteiger partial charge in [0.05, 0.1) is 5.75 Å². The molecule has 17 heavy (non-hydrogen) atoms. The normalized spacial score (nSPS) is 13.3. The van der Waals surface area contributed by atoms with Gasteiger partial charge in [-0.05, 0) is 41.0 Å². The van der Waals surface area contributed by atoms with Gasteiger partial charge in [0.2, 0.25) is 0 Å². The lowest BCUT2D eigenvalue weighted by Crippen LogP contribution is -2.46. The summed E-state index contributed by atoms with van der Waals surface area (Å²) in [6.07, 6.45) is -0.511. The van der Waals surface area contributed by atoms with Crippen LogP contribution in [0, 0.1) is 0 Å². The molecule has 0 saturated heterocycles. The summed E-state index contributed by atoms with van der Waals surface area (Å²) < 4.78 is 34.9. The molecular formula is C10H21NO5S. The van der Waals surface area contributed by atoms with Crippen LogP contribution in [0.4, 0.5) is 4.79 Å². The fourth-order valence-electron chi connectivity index (χ4n) is 1.03. The van der Waals surface area contributed by atoms with Crippen LogP contribution in [-0.4, -0.2) is 36.0 Å². The molecule has 0 unspecified atom stereocenters. The summed E-state index contributed by atoms with van der Waals surface area (Å²) in [5.74, 6) is -0.407. The first-order valence-electron chi connectivity index (χ1n) is 5.27. The molecule has 0 aliphatic heterocycles. The number of carbonyl (C=O) groups excluding carboxylic acids is 1. The lowest BCUT2D eigenvalue weighted by Gasteiger charge is -2.28. The van der Waals surface area contributed by atoms with Gasteiger partial charge in [0.25, 0.3) is 10.1 Å². The number of hydrogen-bond donors (Lipinski definition) is 2. The van der Waals surface area contributed by atoms with Crippen molar-refractivity contribution in [2.45, 2.75) is 52.2 Å². The number of ether oxygens (including phenoxy) is 1. The van der Waals surface area contributed by atoms with Crippen molar-refractivity contribution >= 4 is 16.2 Å². The van der Waals surface area contributed by atoms with E-state index in [1.54, 1.807) is 34.6 Å².